The minimum atomic E-state index is -0.583. The quantitative estimate of drug-likeness (QED) is 0.261. The molecule has 3 aromatic carbocycles. The third-order valence-corrected chi connectivity index (χ3v) is 3.87. The molecule has 5 nitrogen and oxygen atoms in total. The number of aliphatic hydroxyl groups is 1. The van der Waals surface area contributed by atoms with Gasteiger partial charge in [0, 0.05) is 18.2 Å². The van der Waals surface area contributed by atoms with E-state index in [0.29, 0.717) is 12.2 Å². The summed E-state index contributed by atoms with van der Waals surface area (Å²) in [5, 5.41) is 13.1. The van der Waals surface area contributed by atoms with Crippen molar-refractivity contribution in [3.05, 3.63) is 90.5 Å². The van der Waals surface area contributed by atoms with Crippen LogP contribution in [0.4, 0.5) is 5.69 Å². The number of benzene rings is 3. The van der Waals surface area contributed by atoms with E-state index >= 15 is 0 Å². The van der Waals surface area contributed by atoms with E-state index < -0.39 is 6.10 Å². The highest BCUT2D eigenvalue weighted by Gasteiger charge is 2.05. The molecule has 0 bridgehead atoms. The van der Waals surface area contributed by atoms with E-state index in [1.165, 1.54) is 0 Å². The number of hydrogen-bond donors (Lipinski definition) is 3. The predicted octanol–water partition coefficient (Wildman–Crippen LogP) is 4.43. The molecular weight excluding hydrogens is 465 g/mol. The summed E-state index contributed by atoms with van der Waals surface area (Å²) in [6, 6.07) is 26.8. The average molecular weight is 489 g/mol. The maximum atomic E-state index is 10.1. The number of rotatable bonds is 7. The molecule has 0 saturated heterocycles. The van der Waals surface area contributed by atoms with Gasteiger partial charge in [-0.2, -0.15) is 0 Å². The molecule has 28 heavy (non-hydrogen) atoms. The second kappa shape index (κ2) is 11.3. The van der Waals surface area contributed by atoms with Crippen LogP contribution in [0, 0.1) is 0 Å². The Labute approximate surface area is 182 Å². The van der Waals surface area contributed by atoms with Gasteiger partial charge in [0.25, 0.3) is 0 Å². The molecule has 0 saturated carbocycles. The Morgan fingerprint density at radius 3 is 2.29 bits per heavy atom. The number of halogens is 1. The molecule has 0 aliphatic rings. The van der Waals surface area contributed by atoms with E-state index in [1.54, 1.807) is 0 Å². The molecule has 0 aliphatic heterocycles. The monoisotopic (exact) mass is 489 g/mol. The summed E-state index contributed by atoms with van der Waals surface area (Å²) < 4.78 is 5.80. The lowest BCUT2D eigenvalue weighted by Crippen LogP contribution is -2.25. The zero-order valence-corrected chi connectivity index (χ0v) is 17.7. The molecule has 146 valence electrons. The van der Waals surface area contributed by atoms with Crippen LogP contribution >= 0.6 is 24.0 Å². The first-order valence-corrected chi connectivity index (χ1v) is 8.81. The van der Waals surface area contributed by atoms with E-state index in [4.69, 9.17) is 10.5 Å². The lowest BCUT2D eigenvalue weighted by molar-refractivity contribution is 0.184. The first-order chi connectivity index (χ1) is 13.2. The number of hydrogen-bond acceptors (Lipinski definition) is 3. The molecule has 6 heteroatoms. The highest BCUT2D eigenvalue weighted by atomic mass is 127. The Kier molecular flexibility index (Phi) is 8.77. The number of guanidine groups is 1. The minimum Gasteiger partial charge on any atom is -0.457 e. The van der Waals surface area contributed by atoms with Crippen molar-refractivity contribution in [1.82, 2.24) is 0 Å². The van der Waals surface area contributed by atoms with Crippen LogP contribution in [0.3, 0.4) is 0 Å². The van der Waals surface area contributed by atoms with Crippen molar-refractivity contribution in [2.24, 2.45) is 10.7 Å². The zero-order chi connectivity index (χ0) is 18.9. The highest BCUT2D eigenvalue weighted by molar-refractivity contribution is 14.0. The molecule has 0 spiro atoms. The Bertz CT molecular complexity index is 873. The third kappa shape index (κ3) is 7.21. The van der Waals surface area contributed by atoms with Gasteiger partial charge in [-0.15, -0.1) is 24.0 Å². The van der Waals surface area contributed by atoms with E-state index in [-0.39, 0.29) is 36.5 Å². The first kappa shape index (κ1) is 21.7. The second-order valence-corrected chi connectivity index (χ2v) is 6.14. The summed E-state index contributed by atoms with van der Waals surface area (Å²) in [6.45, 7) is 0.230. The molecular formula is C22H24IN3O2. The smallest absolute Gasteiger partial charge is 0.193 e. The predicted molar refractivity (Wildman–Crippen MR) is 125 cm³/mol. The van der Waals surface area contributed by atoms with Gasteiger partial charge in [0.05, 0.1) is 12.6 Å². The van der Waals surface area contributed by atoms with Crippen LogP contribution in [-0.2, 0) is 6.42 Å². The number of aliphatic imine (C=N–C) groups is 1. The molecule has 4 N–H and O–H groups in total. The summed E-state index contributed by atoms with van der Waals surface area (Å²) in [7, 11) is 0. The lowest BCUT2D eigenvalue weighted by Gasteiger charge is -2.11. The summed E-state index contributed by atoms with van der Waals surface area (Å²) >= 11 is 0. The molecule has 0 heterocycles. The molecule has 0 radical (unpaired) electrons. The molecule has 1 unspecified atom stereocenters. The van der Waals surface area contributed by atoms with Crippen LogP contribution in [-0.4, -0.2) is 23.7 Å². The van der Waals surface area contributed by atoms with Crippen LogP contribution < -0.4 is 15.8 Å². The van der Waals surface area contributed by atoms with Crippen LogP contribution in [0.2, 0.25) is 0 Å². The van der Waals surface area contributed by atoms with Crippen molar-refractivity contribution < 1.29 is 9.84 Å². The summed E-state index contributed by atoms with van der Waals surface area (Å²) in [4.78, 5) is 4.22. The molecule has 0 aliphatic carbocycles. The van der Waals surface area contributed by atoms with Crippen molar-refractivity contribution in [2.75, 3.05) is 11.9 Å². The van der Waals surface area contributed by atoms with Gasteiger partial charge in [0.1, 0.15) is 11.5 Å². The normalized spacial score (nSPS) is 12.0. The standard InChI is InChI=1S/C22H23N3O2.HI/c23-22(24-16-19(26)14-17-8-3-1-4-9-17)25-18-10-7-13-21(15-18)27-20-11-5-2-6-12-20;/h1-13,15,19,26H,14,16H2,(H3,23,24,25);1H. The maximum absolute atomic E-state index is 10.1. The molecule has 0 aromatic heterocycles. The lowest BCUT2D eigenvalue weighted by atomic mass is 10.1. The van der Waals surface area contributed by atoms with Gasteiger partial charge < -0.3 is 20.9 Å². The van der Waals surface area contributed by atoms with Crippen LogP contribution in [0.5, 0.6) is 11.5 Å². The number of nitrogens with two attached hydrogens (primary N) is 1. The van der Waals surface area contributed by atoms with Gasteiger partial charge in [-0.1, -0.05) is 54.6 Å². The molecule has 0 fully saturated rings. The maximum Gasteiger partial charge on any atom is 0.193 e. The summed E-state index contributed by atoms with van der Waals surface area (Å²) in [5.74, 6) is 1.71. The molecule has 0 amide bonds. The van der Waals surface area contributed by atoms with Crippen molar-refractivity contribution in [3.63, 3.8) is 0 Å². The van der Waals surface area contributed by atoms with Gasteiger partial charge in [-0.3, -0.25) is 4.99 Å². The third-order valence-electron chi connectivity index (χ3n) is 3.87. The first-order valence-electron chi connectivity index (χ1n) is 8.81. The van der Waals surface area contributed by atoms with Crippen LogP contribution in [0.25, 0.3) is 0 Å². The zero-order valence-electron chi connectivity index (χ0n) is 15.4. The van der Waals surface area contributed by atoms with E-state index in [9.17, 15) is 5.11 Å². The Morgan fingerprint density at radius 2 is 1.57 bits per heavy atom. The Balaban J connectivity index is 0.00000280. The SMILES string of the molecule is I.NC(=NCC(O)Cc1ccccc1)Nc1cccc(Oc2ccccc2)c1. The van der Waals surface area contributed by atoms with Gasteiger partial charge in [-0.25, -0.2) is 0 Å². The van der Waals surface area contributed by atoms with Gasteiger partial charge in [0.2, 0.25) is 0 Å². The summed E-state index contributed by atoms with van der Waals surface area (Å²) in [5.41, 5.74) is 7.77. The number of nitrogens with one attached hydrogen (secondary N) is 1. The van der Waals surface area contributed by atoms with Crippen molar-refractivity contribution in [1.29, 1.82) is 0 Å². The Hall–Kier alpha value is -2.58. The van der Waals surface area contributed by atoms with Crippen molar-refractivity contribution >= 4 is 35.6 Å². The highest BCUT2D eigenvalue weighted by Crippen LogP contribution is 2.23. The summed E-state index contributed by atoms with van der Waals surface area (Å²) in [6.07, 6.45) is -0.0432. The van der Waals surface area contributed by atoms with Gasteiger partial charge >= 0.3 is 0 Å². The fourth-order valence-electron chi connectivity index (χ4n) is 2.60. The van der Waals surface area contributed by atoms with E-state index in [0.717, 1.165) is 17.0 Å². The van der Waals surface area contributed by atoms with Crippen LogP contribution in [0.15, 0.2) is 89.9 Å². The van der Waals surface area contributed by atoms with Gasteiger partial charge in [-0.05, 0) is 29.8 Å². The minimum absolute atomic E-state index is 0. The van der Waals surface area contributed by atoms with Gasteiger partial charge in [0.15, 0.2) is 5.96 Å². The topological polar surface area (TPSA) is 79.9 Å². The van der Waals surface area contributed by atoms with Crippen molar-refractivity contribution in [3.8, 4) is 11.5 Å². The Morgan fingerprint density at radius 1 is 0.929 bits per heavy atom. The number of anilines is 1. The number of ether oxygens (including phenoxy) is 1. The van der Waals surface area contributed by atoms with E-state index in [2.05, 4.69) is 10.3 Å². The largest absolute Gasteiger partial charge is 0.457 e. The van der Waals surface area contributed by atoms with E-state index in [1.807, 2.05) is 84.9 Å². The molecule has 1 atom stereocenters. The average Bonchev–Trinajstić information content (AvgIpc) is 2.68. The number of nitrogens with zero attached hydrogens (tertiary/aromatic N) is 1. The molecule has 3 aromatic rings. The number of aliphatic hydroxyl groups excluding tert-OH is 1. The number of para-hydroxylation sites is 1. The second-order valence-electron chi connectivity index (χ2n) is 6.14. The fourth-order valence-corrected chi connectivity index (χ4v) is 2.60. The fraction of sp³-hybridized carbons (Fsp3) is 0.136. The molecule has 3 rings (SSSR count). The van der Waals surface area contributed by atoms with Crippen molar-refractivity contribution in [2.45, 2.75) is 12.5 Å². The van der Waals surface area contributed by atoms with Crippen LogP contribution in [0.1, 0.15) is 5.56 Å².